The molecular formula is C23H21ClFN3O. The van der Waals surface area contributed by atoms with E-state index in [2.05, 4.69) is 9.97 Å². The van der Waals surface area contributed by atoms with Crippen molar-refractivity contribution in [3.8, 4) is 11.3 Å². The minimum atomic E-state index is -0.296. The quantitative estimate of drug-likeness (QED) is 0.616. The van der Waals surface area contributed by atoms with Crippen LogP contribution in [0.15, 0.2) is 60.9 Å². The van der Waals surface area contributed by atoms with Gasteiger partial charge in [-0.25, -0.2) is 4.39 Å². The third-order valence-corrected chi connectivity index (χ3v) is 5.49. The summed E-state index contributed by atoms with van der Waals surface area (Å²) >= 11 is 6.16. The normalized spacial score (nSPS) is 16.6. The number of hydrogen-bond acceptors (Lipinski definition) is 3. The van der Waals surface area contributed by atoms with Gasteiger partial charge in [0.2, 0.25) is 5.91 Å². The smallest absolute Gasteiger partial charge is 0.227 e. The van der Waals surface area contributed by atoms with E-state index in [1.807, 2.05) is 29.2 Å². The van der Waals surface area contributed by atoms with Crippen LogP contribution in [0.5, 0.6) is 0 Å². The lowest BCUT2D eigenvalue weighted by molar-refractivity contribution is -0.131. The predicted octanol–water partition coefficient (Wildman–Crippen LogP) is 4.88. The van der Waals surface area contributed by atoms with Crippen molar-refractivity contribution in [3.05, 3.63) is 83.0 Å². The summed E-state index contributed by atoms with van der Waals surface area (Å²) in [5.74, 6) is -0.131. The van der Waals surface area contributed by atoms with Crippen LogP contribution >= 0.6 is 11.6 Å². The van der Waals surface area contributed by atoms with Crippen molar-refractivity contribution in [1.29, 1.82) is 0 Å². The SMILES string of the molecule is O=C(Cc1ccc(F)cc1)N1CCC[C@H](c2nccnc2-c2cccc(Cl)c2)C1. The molecule has 4 nitrogen and oxygen atoms in total. The summed E-state index contributed by atoms with van der Waals surface area (Å²) in [7, 11) is 0. The number of hydrogen-bond donors (Lipinski definition) is 0. The molecule has 0 N–H and O–H groups in total. The monoisotopic (exact) mass is 409 g/mol. The molecule has 1 atom stereocenters. The van der Waals surface area contributed by atoms with Crippen LogP contribution in [0.2, 0.25) is 5.02 Å². The largest absolute Gasteiger partial charge is 0.342 e. The molecule has 2 aromatic carbocycles. The van der Waals surface area contributed by atoms with Crippen LogP contribution in [0.25, 0.3) is 11.3 Å². The van der Waals surface area contributed by atoms with Gasteiger partial charge >= 0.3 is 0 Å². The van der Waals surface area contributed by atoms with Crippen LogP contribution < -0.4 is 0 Å². The molecule has 3 aromatic rings. The van der Waals surface area contributed by atoms with Gasteiger partial charge in [0.15, 0.2) is 0 Å². The fourth-order valence-corrected chi connectivity index (χ4v) is 4.01. The van der Waals surface area contributed by atoms with Gasteiger partial charge in [-0.3, -0.25) is 14.8 Å². The molecule has 0 bridgehead atoms. The summed E-state index contributed by atoms with van der Waals surface area (Å²) in [6, 6.07) is 13.7. The number of benzene rings is 2. The van der Waals surface area contributed by atoms with Gasteiger partial charge in [-0.1, -0.05) is 35.9 Å². The molecule has 1 fully saturated rings. The topological polar surface area (TPSA) is 46.1 Å². The van der Waals surface area contributed by atoms with E-state index < -0.39 is 0 Å². The zero-order valence-electron chi connectivity index (χ0n) is 15.9. The van der Waals surface area contributed by atoms with Gasteiger partial charge in [-0.2, -0.15) is 0 Å². The number of piperidine rings is 1. The predicted molar refractivity (Wildman–Crippen MR) is 111 cm³/mol. The van der Waals surface area contributed by atoms with Crippen LogP contribution in [0.3, 0.4) is 0 Å². The average Bonchev–Trinajstić information content (AvgIpc) is 2.75. The Morgan fingerprint density at radius 1 is 1.14 bits per heavy atom. The molecule has 1 aromatic heterocycles. The molecular weight excluding hydrogens is 389 g/mol. The maximum absolute atomic E-state index is 13.1. The Morgan fingerprint density at radius 3 is 2.72 bits per heavy atom. The van der Waals surface area contributed by atoms with Gasteiger partial charge < -0.3 is 4.90 Å². The Kier molecular flexibility index (Phi) is 5.86. The van der Waals surface area contributed by atoms with E-state index in [4.69, 9.17) is 11.6 Å². The van der Waals surface area contributed by atoms with E-state index in [9.17, 15) is 9.18 Å². The standard InChI is InChI=1S/C23H21ClFN3O/c24-19-5-1-3-17(14-19)22-23(27-11-10-26-22)18-4-2-12-28(15-18)21(29)13-16-6-8-20(25)9-7-16/h1,3,5-11,14,18H,2,4,12-13,15H2/t18-/m0/s1. The summed E-state index contributed by atoms with van der Waals surface area (Å²) in [4.78, 5) is 23.9. The summed E-state index contributed by atoms with van der Waals surface area (Å²) in [6.45, 7) is 1.33. The molecule has 0 aliphatic carbocycles. The molecule has 148 valence electrons. The number of carbonyl (C=O) groups is 1. The first-order valence-electron chi connectivity index (χ1n) is 9.69. The Balaban J connectivity index is 1.53. The average molecular weight is 410 g/mol. The number of nitrogens with zero attached hydrogens (tertiary/aromatic N) is 3. The summed E-state index contributed by atoms with van der Waals surface area (Å²) < 4.78 is 13.1. The minimum Gasteiger partial charge on any atom is -0.342 e. The highest BCUT2D eigenvalue weighted by Gasteiger charge is 2.28. The van der Waals surface area contributed by atoms with Crippen LogP contribution in [0.1, 0.15) is 30.0 Å². The van der Waals surface area contributed by atoms with Gasteiger partial charge in [0.1, 0.15) is 5.82 Å². The lowest BCUT2D eigenvalue weighted by Gasteiger charge is -2.33. The van der Waals surface area contributed by atoms with Crippen molar-refractivity contribution < 1.29 is 9.18 Å². The van der Waals surface area contributed by atoms with Crippen molar-refractivity contribution in [2.45, 2.75) is 25.2 Å². The first-order valence-corrected chi connectivity index (χ1v) is 10.1. The van der Waals surface area contributed by atoms with E-state index in [-0.39, 0.29) is 24.1 Å². The van der Waals surface area contributed by atoms with E-state index in [1.54, 1.807) is 24.5 Å². The minimum absolute atomic E-state index is 0.0505. The number of halogens is 2. The molecule has 2 heterocycles. The zero-order valence-corrected chi connectivity index (χ0v) is 16.6. The number of aromatic nitrogens is 2. The van der Waals surface area contributed by atoms with Gasteiger partial charge in [0, 0.05) is 42.0 Å². The van der Waals surface area contributed by atoms with E-state index >= 15 is 0 Å². The second-order valence-electron chi connectivity index (χ2n) is 7.28. The molecule has 0 saturated carbocycles. The Morgan fingerprint density at radius 2 is 1.93 bits per heavy atom. The van der Waals surface area contributed by atoms with Crippen LogP contribution in [0.4, 0.5) is 4.39 Å². The van der Waals surface area contributed by atoms with E-state index in [1.165, 1.54) is 12.1 Å². The second-order valence-corrected chi connectivity index (χ2v) is 7.72. The number of carbonyl (C=O) groups excluding carboxylic acids is 1. The highest BCUT2D eigenvalue weighted by Crippen LogP contribution is 2.32. The molecule has 1 saturated heterocycles. The van der Waals surface area contributed by atoms with E-state index in [0.29, 0.717) is 11.6 Å². The summed E-state index contributed by atoms with van der Waals surface area (Å²) in [5.41, 5.74) is 3.45. The number of rotatable bonds is 4. The van der Waals surface area contributed by atoms with Crippen molar-refractivity contribution in [3.63, 3.8) is 0 Å². The van der Waals surface area contributed by atoms with Crippen LogP contribution in [-0.2, 0) is 11.2 Å². The molecule has 1 amide bonds. The van der Waals surface area contributed by atoms with Crippen molar-refractivity contribution in [2.24, 2.45) is 0 Å². The zero-order chi connectivity index (χ0) is 20.2. The van der Waals surface area contributed by atoms with Gasteiger partial charge in [-0.05, 0) is 42.7 Å². The van der Waals surface area contributed by atoms with E-state index in [0.717, 1.165) is 41.9 Å². The van der Waals surface area contributed by atoms with Crippen molar-refractivity contribution in [2.75, 3.05) is 13.1 Å². The first kappa shape index (κ1) is 19.5. The summed E-state index contributed by atoms with van der Waals surface area (Å²) in [6.07, 6.45) is 5.51. The van der Waals surface area contributed by atoms with Gasteiger partial charge in [0.25, 0.3) is 0 Å². The molecule has 0 radical (unpaired) electrons. The molecule has 6 heteroatoms. The third-order valence-electron chi connectivity index (χ3n) is 5.25. The lowest BCUT2D eigenvalue weighted by Crippen LogP contribution is -2.40. The van der Waals surface area contributed by atoms with Crippen LogP contribution in [0, 0.1) is 5.82 Å². The first-order chi connectivity index (χ1) is 14.1. The van der Waals surface area contributed by atoms with Gasteiger partial charge in [0.05, 0.1) is 17.8 Å². The summed E-state index contributed by atoms with van der Waals surface area (Å²) in [5, 5.41) is 0.652. The molecule has 1 aliphatic heterocycles. The molecule has 1 aliphatic rings. The van der Waals surface area contributed by atoms with Crippen LogP contribution in [-0.4, -0.2) is 33.9 Å². The second kappa shape index (κ2) is 8.70. The van der Waals surface area contributed by atoms with Crippen molar-refractivity contribution >= 4 is 17.5 Å². The number of likely N-dealkylation sites (tertiary alicyclic amines) is 1. The maximum Gasteiger partial charge on any atom is 0.227 e. The molecule has 0 spiro atoms. The fraction of sp³-hybridized carbons (Fsp3) is 0.261. The lowest BCUT2D eigenvalue weighted by atomic mass is 9.91. The number of amides is 1. The highest BCUT2D eigenvalue weighted by molar-refractivity contribution is 6.30. The van der Waals surface area contributed by atoms with Gasteiger partial charge in [-0.15, -0.1) is 0 Å². The highest BCUT2D eigenvalue weighted by atomic mass is 35.5. The Hall–Kier alpha value is -2.79. The fourth-order valence-electron chi connectivity index (χ4n) is 3.82. The molecule has 4 rings (SSSR count). The Labute approximate surface area is 174 Å². The third kappa shape index (κ3) is 4.62. The van der Waals surface area contributed by atoms with Crippen molar-refractivity contribution in [1.82, 2.24) is 14.9 Å². The Bertz CT molecular complexity index is 1010. The maximum atomic E-state index is 13.1. The molecule has 0 unspecified atom stereocenters. The molecule has 29 heavy (non-hydrogen) atoms.